The Morgan fingerprint density at radius 1 is 0.976 bits per heavy atom. The minimum atomic E-state index is -3.79. The van der Waals surface area contributed by atoms with Crippen LogP contribution in [0.5, 0.6) is 0 Å². The Labute approximate surface area is 244 Å². The number of methoxy groups -OCH3 is 1. The Bertz CT molecular complexity index is 1670. The number of pyridine rings is 2. The SMILES string of the molecule is COC(=O)[C@H](Cc1ccc(Nc2nccc3cnccc23)cc1)NC(=O)Nc1ccccc1S(=O)(=O)N1CCCCC1. The fraction of sp³-hybridized carbons (Fsp3) is 0.267. The predicted molar refractivity (Wildman–Crippen MR) is 160 cm³/mol. The number of benzene rings is 2. The van der Waals surface area contributed by atoms with Crippen LogP contribution in [0.1, 0.15) is 24.8 Å². The van der Waals surface area contributed by atoms with E-state index < -0.39 is 28.1 Å². The number of nitrogens with one attached hydrogen (secondary N) is 3. The summed E-state index contributed by atoms with van der Waals surface area (Å²) in [5.41, 5.74) is 1.71. The van der Waals surface area contributed by atoms with Gasteiger partial charge in [0.25, 0.3) is 0 Å². The lowest BCUT2D eigenvalue weighted by Gasteiger charge is -2.27. The molecule has 2 amide bonds. The molecule has 2 aromatic carbocycles. The van der Waals surface area contributed by atoms with E-state index in [0.717, 1.165) is 41.3 Å². The number of para-hydroxylation sites is 1. The van der Waals surface area contributed by atoms with Crippen molar-refractivity contribution in [2.45, 2.75) is 36.6 Å². The van der Waals surface area contributed by atoms with Crippen molar-refractivity contribution < 1.29 is 22.7 Å². The molecule has 2 aromatic heterocycles. The Kier molecular flexibility index (Phi) is 8.94. The summed E-state index contributed by atoms with van der Waals surface area (Å²) in [6, 6.07) is 15.7. The average Bonchev–Trinajstić information content (AvgIpc) is 3.02. The number of urea groups is 1. The highest BCUT2D eigenvalue weighted by molar-refractivity contribution is 7.89. The molecule has 0 unspecified atom stereocenters. The molecule has 4 aromatic rings. The number of hydrogen-bond donors (Lipinski definition) is 3. The normalized spacial score (nSPS) is 14.6. The van der Waals surface area contributed by atoms with Crippen molar-refractivity contribution >= 4 is 50.0 Å². The minimum Gasteiger partial charge on any atom is -0.467 e. The highest BCUT2D eigenvalue weighted by atomic mass is 32.2. The molecule has 3 N–H and O–H groups in total. The molecule has 12 heteroatoms. The first-order valence-electron chi connectivity index (χ1n) is 13.6. The van der Waals surface area contributed by atoms with Gasteiger partial charge in [-0.2, -0.15) is 4.31 Å². The van der Waals surface area contributed by atoms with Crippen LogP contribution in [-0.2, 0) is 26.0 Å². The summed E-state index contributed by atoms with van der Waals surface area (Å²) in [4.78, 5) is 34.2. The van der Waals surface area contributed by atoms with Crippen LogP contribution in [0, 0.1) is 0 Å². The maximum atomic E-state index is 13.3. The van der Waals surface area contributed by atoms with Gasteiger partial charge in [-0.15, -0.1) is 0 Å². The van der Waals surface area contributed by atoms with Crippen molar-refractivity contribution in [1.29, 1.82) is 0 Å². The van der Waals surface area contributed by atoms with E-state index in [1.165, 1.54) is 23.5 Å². The second kappa shape index (κ2) is 13.0. The second-order valence-corrected chi connectivity index (χ2v) is 11.8. The summed E-state index contributed by atoms with van der Waals surface area (Å²) in [6.45, 7) is 0.884. The maximum Gasteiger partial charge on any atom is 0.328 e. The molecule has 1 aliphatic heterocycles. The van der Waals surface area contributed by atoms with Crippen LogP contribution in [0.15, 0.2) is 84.1 Å². The number of rotatable bonds is 9. The molecule has 0 aliphatic carbocycles. The zero-order valence-electron chi connectivity index (χ0n) is 23.1. The summed E-state index contributed by atoms with van der Waals surface area (Å²) in [5, 5.41) is 10.4. The Morgan fingerprint density at radius 2 is 1.74 bits per heavy atom. The largest absolute Gasteiger partial charge is 0.467 e. The molecule has 1 saturated heterocycles. The van der Waals surface area contributed by atoms with Crippen molar-refractivity contribution in [2.24, 2.45) is 0 Å². The summed E-state index contributed by atoms with van der Waals surface area (Å²) in [5.74, 6) is 0.0612. The summed E-state index contributed by atoms with van der Waals surface area (Å²) >= 11 is 0. The van der Waals surface area contributed by atoms with E-state index in [1.54, 1.807) is 30.7 Å². The number of fused-ring (bicyclic) bond motifs is 1. The van der Waals surface area contributed by atoms with Gasteiger partial charge in [0, 0.05) is 54.6 Å². The number of amides is 2. The first-order valence-corrected chi connectivity index (χ1v) is 15.1. The van der Waals surface area contributed by atoms with Gasteiger partial charge in [-0.25, -0.2) is 23.0 Å². The molecular weight excluding hydrogens is 556 g/mol. The Hall–Kier alpha value is -4.55. The lowest BCUT2D eigenvalue weighted by atomic mass is 10.1. The molecule has 0 saturated carbocycles. The molecule has 1 atom stereocenters. The molecule has 3 heterocycles. The third-order valence-corrected chi connectivity index (χ3v) is 9.04. The quantitative estimate of drug-likeness (QED) is 0.243. The number of piperidine rings is 1. The highest BCUT2D eigenvalue weighted by Crippen LogP contribution is 2.27. The monoisotopic (exact) mass is 588 g/mol. The third-order valence-electron chi connectivity index (χ3n) is 7.08. The van der Waals surface area contributed by atoms with Gasteiger partial charge in [-0.3, -0.25) is 4.98 Å². The summed E-state index contributed by atoms with van der Waals surface area (Å²) in [7, 11) is -2.54. The van der Waals surface area contributed by atoms with Gasteiger partial charge in [-0.05, 0) is 54.8 Å². The van der Waals surface area contributed by atoms with Crippen molar-refractivity contribution in [3.63, 3.8) is 0 Å². The Balaban J connectivity index is 1.26. The number of carbonyl (C=O) groups is 2. The number of nitrogens with zero attached hydrogens (tertiary/aromatic N) is 3. The number of hydrogen-bond acceptors (Lipinski definition) is 8. The topological polar surface area (TPSA) is 143 Å². The number of ether oxygens (including phenoxy) is 1. The molecule has 0 radical (unpaired) electrons. The second-order valence-electron chi connectivity index (χ2n) is 9.92. The van der Waals surface area contributed by atoms with Crippen molar-refractivity contribution in [3.05, 3.63) is 84.8 Å². The molecule has 0 spiro atoms. The van der Waals surface area contributed by atoms with Gasteiger partial charge in [0.15, 0.2) is 0 Å². The fourth-order valence-electron chi connectivity index (χ4n) is 4.90. The maximum absolute atomic E-state index is 13.3. The van der Waals surface area contributed by atoms with Crippen molar-refractivity contribution in [2.75, 3.05) is 30.8 Å². The number of carbonyl (C=O) groups excluding carboxylic acids is 2. The average molecular weight is 589 g/mol. The molecule has 0 bridgehead atoms. The summed E-state index contributed by atoms with van der Waals surface area (Å²) in [6.07, 6.45) is 7.93. The number of esters is 1. The van der Waals surface area contributed by atoms with Gasteiger partial charge in [0.05, 0.1) is 12.8 Å². The van der Waals surface area contributed by atoms with Gasteiger partial charge in [0.2, 0.25) is 10.0 Å². The van der Waals surface area contributed by atoms with Crippen LogP contribution in [0.2, 0.25) is 0 Å². The molecule has 5 rings (SSSR count). The van der Waals surface area contributed by atoms with Crippen LogP contribution in [0.3, 0.4) is 0 Å². The van der Waals surface area contributed by atoms with Crippen LogP contribution >= 0.6 is 0 Å². The first kappa shape index (κ1) is 29.0. The van der Waals surface area contributed by atoms with Crippen LogP contribution in [0.4, 0.5) is 22.0 Å². The number of anilines is 3. The fourth-order valence-corrected chi connectivity index (χ4v) is 6.57. The van der Waals surface area contributed by atoms with Gasteiger partial charge < -0.3 is 20.7 Å². The van der Waals surface area contributed by atoms with E-state index in [2.05, 4.69) is 25.9 Å². The van der Waals surface area contributed by atoms with Crippen molar-refractivity contribution in [1.82, 2.24) is 19.6 Å². The third kappa shape index (κ3) is 6.67. The zero-order chi connectivity index (χ0) is 29.5. The van der Waals surface area contributed by atoms with E-state index >= 15 is 0 Å². The van der Waals surface area contributed by atoms with Gasteiger partial charge in [0.1, 0.15) is 16.8 Å². The molecule has 1 aliphatic rings. The van der Waals surface area contributed by atoms with E-state index in [1.807, 2.05) is 36.4 Å². The lowest BCUT2D eigenvalue weighted by Crippen LogP contribution is -2.45. The van der Waals surface area contributed by atoms with E-state index in [0.29, 0.717) is 18.9 Å². The molecule has 11 nitrogen and oxygen atoms in total. The van der Waals surface area contributed by atoms with E-state index in [9.17, 15) is 18.0 Å². The predicted octanol–water partition coefficient (Wildman–Crippen LogP) is 4.45. The number of aromatic nitrogens is 2. The molecule has 42 heavy (non-hydrogen) atoms. The van der Waals surface area contributed by atoms with E-state index in [4.69, 9.17) is 4.74 Å². The van der Waals surface area contributed by atoms with Crippen molar-refractivity contribution in [3.8, 4) is 0 Å². The van der Waals surface area contributed by atoms with E-state index in [-0.39, 0.29) is 17.0 Å². The molecule has 1 fully saturated rings. The molecule has 218 valence electrons. The first-order chi connectivity index (χ1) is 20.3. The van der Waals surface area contributed by atoms with Crippen LogP contribution in [0.25, 0.3) is 10.8 Å². The highest BCUT2D eigenvalue weighted by Gasteiger charge is 2.29. The van der Waals surface area contributed by atoms with Crippen LogP contribution in [-0.4, -0.2) is 60.9 Å². The summed E-state index contributed by atoms with van der Waals surface area (Å²) < 4.78 is 32.9. The standard InChI is InChI=1S/C30H32N6O5S/c1-41-29(37)26(19-21-9-11-23(12-10-21)33-28-24-14-15-31-20-22(24)13-16-32-28)35-30(38)34-25-7-3-4-8-27(25)42(39,40)36-17-5-2-6-18-36/h3-4,7-16,20,26H,2,5-6,17-19H2,1H3,(H,32,33)(H2,34,35,38)/t26-/m0/s1. The smallest absolute Gasteiger partial charge is 0.328 e. The molecular formula is C30H32N6O5S. The lowest BCUT2D eigenvalue weighted by molar-refractivity contribution is -0.142. The Morgan fingerprint density at radius 3 is 2.50 bits per heavy atom. The minimum absolute atomic E-state index is 0.0108. The number of sulfonamides is 1. The van der Waals surface area contributed by atoms with Gasteiger partial charge in [-0.1, -0.05) is 30.7 Å². The van der Waals surface area contributed by atoms with Gasteiger partial charge >= 0.3 is 12.0 Å². The van der Waals surface area contributed by atoms with Crippen LogP contribution < -0.4 is 16.0 Å². The zero-order valence-corrected chi connectivity index (χ0v) is 23.9.